The zero-order chi connectivity index (χ0) is 7.11. The Morgan fingerprint density at radius 1 is 1.67 bits per heavy atom. The Kier molecular flexibility index (Phi) is 5.01. The van der Waals surface area contributed by atoms with Crippen LogP contribution < -0.4 is 0 Å². The minimum absolute atomic E-state index is 1.15. The van der Waals surface area contributed by atoms with E-state index in [0.29, 0.717) is 0 Å². The largest absolute Gasteiger partial charge is 0.115 e. The third-order valence-electron chi connectivity index (χ3n) is 1.25. The van der Waals surface area contributed by atoms with E-state index in [1.54, 1.807) is 0 Å². The molecular weight excluding hydrogens is 108 g/mol. The van der Waals surface area contributed by atoms with Gasteiger partial charge in [-0.3, -0.25) is 0 Å². The maximum Gasteiger partial charge on any atom is -0.0132 e. The highest BCUT2D eigenvalue weighted by molar-refractivity contribution is 5.15. The fourth-order valence-corrected chi connectivity index (χ4v) is 0.670. The van der Waals surface area contributed by atoms with Crippen LogP contribution in [0.15, 0.2) is 11.6 Å². The quantitative estimate of drug-likeness (QED) is 0.505. The first kappa shape index (κ1) is 8.30. The Hall–Kier alpha value is -0.700. The predicted molar refractivity (Wildman–Crippen MR) is 42.1 cm³/mol. The molecule has 0 heterocycles. The van der Waals surface area contributed by atoms with Crippen LogP contribution in [0.2, 0.25) is 0 Å². The molecule has 0 unspecified atom stereocenters. The molecule has 0 spiro atoms. The molecule has 0 aliphatic carbocycles. The highest BCUT2D eigenvalue weighted by atomic mass is 13.9. The van der Waals surface area contributed by atoms with Gasteiger partial charge in [0.15, 0.2) is 0 Å². The number of hydrogen-bond acceptors (Lipinski definition) is 0. The first-order chi connectivity index (χ1) is 4.31. The van der Waals surface area contributed by atoms with Crippen LogP contribution in [0.3, 0.4) is 0 Å². The molecule has 0 aliphatic rings. The van der Waals surface area contributed by atoms with Gasteiger partial charge in [-0.1, -0.05) is 24.8 Å². The summed E-state index contributed by atoms with van der Waals surface area (Å²) in [5.41, 5.74) is 1.32. The predicted octanol–water partition coefficient (Wildman–Crippen LogP) is 2.76. The van der Waals surface area contributed by atoms with Gasteiger partial charge in [0.2, 0.25) is 0 Å². The highest BCUT2D eigenvalue weighted by Gasteiger charge is 1.85. The maximum atomic E-state index is 5.07. The summed E-state index contributed by atoms with van der Waals surface area (Å²) in [5, 5.41) is 0. The van der Waals surface area contributed by atoms with Crippen LogP contribution in [0.5, 0.6) is 0 Å². The van der Waals surface area contributed by atoms with Crippen molar-refractivity contribution in [3.05, 3.63) is 11.6 Å². The standard InChI is InChI=1S/C9H14/c1-4-6-8-9(3)7-5-2/h2,7H,4,6,8H2,1,3H3. The van der Waals surface area contributed by atoms with E-state index in [1.165, 1.54) is 18.4 Å². The van der Waals surface area contributed by atoms with Crippen molar-refractivity contribution < 1.29 is 0 Å². The third kappa shape index (κ3) is 5.17. The van der Waals surface area contributed by atoms with E-state index in [4.69, 9.17) is 6.42 Å². The molecule has 0 radical (unpaired) electrons. The van der Waals surface area contributed by atoms with Crippen molar-refractivity contribution in [2.45, 2.75) is 33.1 Å². The van der Waals surface area contributed by atoms with Gasteiger partial charge in [-0.2, -0.15) is 0 Å². The minimum atomic E-state index is 1.15. The maximum absolute atomic E-state index is 5.07. The van der Waals surface area contributed by atoms with Gasteiger partial charge in [-0.15, -0.1) is 6.42 Å². The van der Waals surface area contributed by atoms with Crippen molar-refractivity contribution in [3.63, 3.8) is 0 Å². The number of hydrogen-bond donors (Lipinski definition) is 0. The molecular formula is C9H14. The van der Waals surface area contributed by atoms with Crippen LogP contribution in [0.4, 0.5) is 0 Å². The summed E-state index contributed by atoms with van der Waals surface area (Å²) in [6.45, 7) is 4.26. The monoisotopic (exact) mass is 122 g/mol. The van der Waals surface area contributed by atoms with Crippen LogP contribution in [0.1, 0.15) is 33.1 Å². The molecule has 0 aromatic heterocycles. The molecule has 0 atom stereocenters. The molecule has 0 fully saturated rings. The Morgan fingerprint density at radius 2 is 2.33 bits per heavy atom. The molecule has 9 heavy (non-hydrogen) atoms. The smallest absolute Gasteiger partial charge is 0.0132 e. The summed E-state index contributed by atoms with van der Waals surface area (Å²) in [6, 6.07) is 0. The van der Waals surface area contributed by atoms with Gasteiger partial charge in [-0.25, -0.2) is 0 Å². The van der Waals surface area contributed by atoms with Gasteiger partial charge in [0.05, 0.1) is 0 Å². The van der Waals surface area contributed by atoms with Crippen molar-refractivity contribution in [1.82, 2.24) is 0 Å². The van der Waals surface area contributed by atoms with Gasteiger partial charge in [0.25, 0.3) is 0 Å². The van der Waals surface area contributed by atoms with E-state index >= 15 is 0 Å². The number of rotatable bonds is 3. The van der Waals surface area contributed by atoms with Crippen molar-refractivity contribution in [1.29, 1.82) is 0 Å². The normalized spacial score (nSPS) is 11.0. The van der Waals surface area contributed by atoms with Crippen LogP contribution in [-0.2, 0) is 0 Å². The summed E-state index contributed by atoms with van der Waals surface area (Å²) >= 11 is 0. The number of allylic oxidation sites excluding steroid dienone is 2. The molecule has 0 N–H and O–H groups in total. The summed E-state index contributed by atoms with van der Waals surface area (Å²) in [6.07, 6.45) is 10.6. The van der Waals surface area contributed by atoms with E-state index in [0.717, 1.165) is 6.42 Å². The number of unbranched alkanes of at least 4 members (excludes halogenated alkanes) is 1. The van der Waals surface area contributed by atoms with E-state index < -0.39 is 0 Å². The lowest BCUT2D eigenvalue weighted by Crippen LogP contribution is -1.75. The Labute approximate surface area is 58.0 Å². The summed E-state index contributed by atoms with van der Waals surface area (Å²) in [7, 11) is 0. The molecule has 0 aromatic carbocycles. The molecule has 0 aliphatic heterocycles. The average Bonchev–Trinajstić information content (AvgIpc) is 1.85. The van der Waals surface area contributed by atoms with Crippen LogP contribution in [-0.4, -0.2) is 0 Å². The summed E-state index contributed by atoms with van der Waals surface area (Å²) < 4.78 is 0. The summed E-state index contributed by atoms with van der Waals surface area (Å²) in [5.74, 6) is 2.51. The zero-order valence-electron chi connectivity index (χ0n) is 6.28. The number of terminal acetylenes is 1. The molecule has 0 rings (SSSR count). The fraction of sp³-hybridized carbons (Fsp3) is 0.556. The lowest BCUT2D eigenvalue weighted by Gasteiger charge is -1.94. The first-order valence-corrected chi connectivity index (χ1v) is 3.43. The molecule has 50 valence electrons. The summed E-state index contributed by atoms with van der Waals surface area (Å²) in [4.78, 5) is 0. The second kappa shape index (κ2) is 5.44. The molecule has 0 saturated heterocycles. The van der Waals surface area contributed by atoms with Crippen LogP contribution >= 0.6 is 0 Å². The van der Waals surface area contributed by atoms with E-state index in [1.807, 2.05) is 6.08 Å². The van der Waals surface area contributed by atoms with Gasteiger partial charge in [-0.05, 0) is 25.8 Å². The van der Waals surface area contributed by atoms with Gasteiger partial charge >= 0.3 is 0 Å². The Balaban J connectivity index is 3.40. The zero-order valence-corrected chi connectivity index (χ0v) is 6.28. The minimum Gasteiger partial charge on any atom is -0.115 e. The Bertz CT molecular complexity index is 123. The molecule has 0 amide bonds. The van der Waals surface area contributed by atoms with Crippen LogP contribution in [0.25, 0.3) is 0 Å². The van der Waals surface area contributed by atoms with E-state index in [-0.39, 0.29) is 0 Å². The molecule has 0 saturated carbocycles. The van der Waals surface area contributed by atoms with Crippen molar-refractivity contribution in [3.8, 4) is 12.3 Å². The van der Waals surface area contributed by atoms with E-state index in [9.17, 15) is 0 Å². The van der Waals surface area contributed by atoms with Gasteiger partial charge < -0.3 is 0 Å². The first-order valence-electron chi connectivity index (χ1n) is 3.43. The van der Waals surface area contributed by atoms with Crippen molar-refractivity contribution >= 4 is 0 Å². The molecule has 0 bridgehead atoms. The second-order valence-electron chi connectivity index (χ2n) is 2.26. The highest BCUT2D eigenvalue weighted by Crippen LogP contribution is 2.04. The van der Waals surface area contributed by atoms with E-state index in [2.05, 4.69) is 19.8 Å². The van der Waals surface area contributed by atoms with Gasteiger partial charge in [0.1, 0.15) is 0 Å². The second-order valence-corrected chi connectivity index (χ2v) is 2.26. The van der Waals surface area contributed by atoms with Crippen molar-refractivity contribution in [2.75, 3.05) is 0 Å². The third-order valence-corrected chi connectivity index (χ3v) is 1.25. The van der Waals surface area contributed by atoms with Gasteiger partial charge in [0, 0.05) is 0 Å². The van der Waals surface area contributed by atoms with Crippen molar-refractivity contribution in [2.24, 2.45) is 0 Å². The molecule has 0 nitrogen and oxygen atoms in total. The average molecular weight is 122 g/mol. The molecule has 0 heteroatoms. The molecule has 0 aromatic rings. The lowest BCUT2D eigenvalue weighted by molar-refractivity contribution is 0.788. The fourth-order valence-electron chi connectivity index (χ4n) is 0.670. The lowest BCUT2D eigenvalue weighted by atomic mass is 10.1. The SMILES string of the molecule is C#CC=C(C)CCCC. The van der Waals surface area contributed by atoms with Crippen LogP contribution in [0, 0.1) is 12.3 Å². The Morgan fingerprint density at radius 3 is 2.78 bits per heavy atom. The topological polar surface area (TPSA) is 0 Å².